The van der Waals surface area contributed by atoms with Crippen LogP contribution in [0.3, 0.4) is 0 Å². The average Bonchev–Trinajstić information content (AvgIpc) is 2.75. The lowest BCUT2D eigenvalue weighted by Crippen LogP contribution is -2.25. The highest BCUT2D eigenvalue weighted by Crippen LogP contribution is 2.45. The van der Waals surface area contributed by atoms with Crippen LogP contribution in [-0.4, -0.2) is 6.61 Å². The van der Waals surface area contributed by atoms with E-state index in [1.807, 2.05) is 0 Å². The van der Waals surface area contributed by atoms with E-state index in [2.05, 4.69) is 6.92 Å². The molecule has 0 aliphatic heterocycles. The Morgan fingerprint density at radius 3 is 2.07 bits per heavy atom. The molecule has 0 bridgehead atoms. The zero-order valence-corrected chi connectivity index (χ0v) is 18.5. The molecule has 0 N–H and O–H groups in total. The lowest BCUT2D eigenvalue weighted by atomic mass is 9.68. The molecule has 164 valence electrons. The number of hydrogen-bond acceptors (Lipinski definition) is 1. The Balaban J connectivity index is 1.45. The first-order valence-corrected chi connectivity index (χ1v) is 12.2. The summed E-state index contributed by atoms with van der Waals surface area (Å²) in [5.41, 5.74) is 0.556. The Kier molecular flexibility index (Phi) is 8.81. The molecule has 2 saturated carbocycles. The highest BCUT2D eigenvalue weighted by atomic mass is 19.2. The van der Waals surface area contributed by atoms with Gasteiger partial charge in [0.15, 0.2) is 11.6 Å². The summed E-state index contributed by atoms with van der Waals surface area (Å²) < 4.78 is 34.0. The third kappa shape index (κ3) is 5.95. The number of benzene rings is 1. The van der Waals surface area contributed by atoms with Crippen LogP contribution >= 0.6 is 0 Å². The van der Waals surface area contributed by atoms with E-state index in [1.165, 1.54) is 70.6 Å². The van der Waals surface area contributed by atoms with Gasteiger partial charge in [-0.3, -0.25) is 0 Å². The van der Waals surface area contributed by atoms with Crippen molar-refractivity contribution in [2.24, 2.45) is 17.8 Å². The van der Waals surface area contributed by atoms with Crippen LogP contribution in [0, 0.1) is 29.4 Å². The topological polar surface area (TPSA) is 9.23 Å². The molecule has 0 radical (unpaired) electrons. The molecule has 0 saturated heterocycles. The van der Waals surface area contributed by atoms with Crippen LogP contribution < -0.4 is 4.74 Å². The molecular weight excluding hydrogens is 366 g/mol. The number of unbranched alkanes of at least 4 members (excludes halogenated alkanes) is 3. The normalized spacial score (nSPS) is 27.7. The standard InChI is InChI=1S/C26H40F2O/c1-3-5-6-7-8-19-9-11-20(12-10-19)21-13-15-22(16-14-21)23-17-18-24(29-4-2)26(28)25(23)27/h17-22H,3-16H2,1-2H3. The van der Waals surface area contributed by atoms with E-state index in [4.69, 9.17) is 4.74 Å². The van der Waals surface area contributed by atoms with Crippen molar-refractivity contribution in [2.75, 3.05) is 6.61 Å². The first-order chi connectivity index (χ1) is 14.1. The minimum absolute atomic E-state index is 0.0360. The smallest absolute Gasteiger partial charge is 0.200 e. The summed E-state index contributed by atoms with van der Waals surface area (Å²) >= 11 is 0. The van der Waals surface area contributed by atoms with Crippen molar-refractivity contribution < 1.29 is 13.5 Å². The zero-order chi connectivity index (χ0) is 20.6. The van der Waals surface area contributed by atoms with Gasteiger partial charge < -0.3 is 4.74 Å². The van der Waals surface area contributed by atoms with E-state index < -0.39 is 11.6 Å². The molecule has 0 spiro atoms. The van der Waals surface area contributed by atoms with Gasteiger partial charge in [0.1, 0.15) is 0 Å². The predicted molar refractivity (Wildman–Crippen MR) is 116 cm³/mol. The van der Waals surface area contributed by atoms with Crippen molar-refractivity contribution in [3.05, 3.63) is 29.3 Å². The number of halogens is 2. The number of hydrogen-bond donors (Lipinski definition) is 0. The largest absolute Gasteiger partial charge is 0.491 e. The second-order valence-corrected chi connectivity index (χ2v) is 9.46. The molecule has 0 aromatic heterocycles. The van der Waals surface area contributed by atoms with Gasteiger partial charge >= 0.3 is 0 Å². The third-order valence-corrected chi connectivity index (χ3v) is 7.61. The third-order valence-electron chi connectivity index (χ3n) is 7.61. The quantitative estimate of drug-likeness (QED) is 0.374. The molecule has 29 heavy (non-hydrogen) atoms. The van der Waals surface area contributed by atoms with Crippen LogP contribution in [0.1, 0.15) is 109 Å². The van der Waals surface area contributed by atoms with Gasteiger partial charge in [-0.05, 0) is 80.8 Å². The minimum atomic E-state index is -0.816. The predicted octanol–water partition coefficient (Wildman–Crippen LogP) is 8.41. The van der Waals surface area contributed by atoms with Crippen LogP contribution in [0.25, 0.3) is 0 Å². The molecule has 0 heterocycles. The van der Waals surface area contributed by atoms with Gasteiger partial charge in [0.2, 0.25) is 5.82 Å². The lowest BCUT2D eigenvalue weighted by Gasteiger charge is -2.38. The van der Waals surface area contributed by atoms with E-state index in [1.54, 1.807) is 19.1 Å². The maximum atomic E-state index is 14.6. The fourth-order valence-corrected chi connectivity index (χ4v) is 5.84. The van der Waals surface area contributed by atoms with Gasteiger partial charge in [-0.15, -0.1) is 0 Å². The molecule has 3 rings (SSSR count). The molecule has 3 heteroatoms. The summed E-state index contributed by atoms with van der Waals surface area (Å²) in [6.45, 7) is 4.41. The fourth-order valence-electron chi connectivity index (χ4n) is 5.84. The highest BCUT2D eigenvalue weighted by molar-refractivity contribution is 5.33. The molecule has 2 fully saturated rings. The Hall–Kier alpha value is -1.12. The van der Waals surface area contributed by atoms with Crippen molar-refractivity contribution in [1.82, 2.24) is 0 Å². The highest BCUT2D eigenvalue weighted by Gasteiger charge is 2.32. The van der Waals surface area contributed by atoms with Crippen LogP contribution in [-0.2, 0) is 0 Å². The molecule has 0 atom stereocenters. The van der Waals surface area contributed by atoms with E-state index in [-0.39, 0.29) is 11.7 Å². The minimum Gasteiger partial charge on any atom is -0.491 e. The van der Waals surface area contributed by atoms with E-state index in [0.717, 1.165) is 30.6 Å². The Bertz CT molecular complexity index is 613. The van der Waals surface area contributed by atoms with Crippen LogP contribution in [0.15, 0.2) is 12.1 Å². The van der Waals surface area contributed by atoms with Gasteiger partial charge in [0.05, 0.1) is 6.61 Å². The molecule has 2 aliphatic rings. The lowest BCUT2D eigenvalue weighted by molar-refractivity contribution is 0.155. The Morgan fingerprint density at radius 1 is 0.793 bits per heavy atom. The summed E-state index contributed by atoms with van der Waals surface area (Å²) in [5.74, 6) is 1.31. The van der Waals surface area contributed by atoms with Gasteiger partial charge in [0.25, 0.3) is 0 Å². The van der Waals surface area contributed by atoms with Gasteiger partial charge in [0, 0.05) is 0 Å². The van der Waals surface area contributed by atoms with Crippen LogP contribution in [0.2, 0.25) is 0 Å². The SMILES string of the molecule is CCCCCCC1CCC(C2CCC(c3ccc(OCC)c(F)c3F)CC2)CC1. The van der Waals surface area contributed by atoms with Gasteiger partial charge in [-0.1, -0.05) is 57.9 Å². The van der Waals surface area contributed by atoms with E-state index in [0.29, 0.717) is 12.2 Å². The van der Waals surface area contributed by atoms with Gasteiger partial charge in [-0.2, -0.15) is 4.39 Å². The van der Waals surface area contributed by atoms with Crippen LogP contribution in [0.4, 0.5) is 8.78 Å². The summed E-state index contributed by atoms with van der Waals surface area (Å²) in [4.78, 5) is 0. The molecule has 1 nitrogen and oxygen atoms in total. The fraction of sp³-hybridized carbons (Fsp3) is 0.769. The van der Waals surface area contributed by atoms with Gasteiger partial charge in [-0.25, -0.2) is 4.39 Å². The maximum Gasteiger partial charge on any atom is 0.200 e. The van der Waals surface area contributed by atoms with Crippen molar-refractivity contribution >= 4 is 0 Å². The molecule has 0 amide bonds. The molecule has 1 aromatic rings. The zero-order valence-electron chi connectivity index (χ0n) is 18.5. The second-order valence-electron chi connectivity index (χ2n) is 9.46. The summed E-state index contributed by atoms with van der Waals surface area (Å²) in [7, 11) is 0. The summed E-state index contributed by atoms with van der Waals surface area (Å²) in [6.07, 6.45) is 16.9. The van der Waals surface area contributed by atoms with E-state index in [9.17, 15) is 8.78 Å². The van der Waals surface area contributed by atoms with Crippen LogP contribution in [0.5, 0.6) is 5.75 Å². The molecule has 1 aromatic carbocycles. The van der Waals surface area contributed by atoms with Crippen molar-refractivity contribution in [1.29, 1.82) is 0 Å². The number of ether oxygens (including phenoxy) is 1. The molecule has 2 aliphatic carbocycles. The molecule has 0 unspecified atom stereocenters. The average molecular weight is 407 g/mol. The van der Waals surface area contributed by atoms with Crippen molar-refractivity contribution in [3.63, 3.8) is 0 Å². The second kappa shape index (κ2) is 11.3. The first-order valence-electron chi connectivity index (χ1n) is 12.2. The van der Waals surface area contributed by atoms with E-state index >= 15 is 0 Å². The summed E-state index contributed by atoms with van der Waals surface area (Å²) in [6, 6.07) is 3.35. The number of rotatable bonds is 9. The molecular formula is C26H40F2O. The maximum absolute atomic E-state index is 14.6. The first kappa shape index (κ1) is 22.6. The Labute approximate surface area is 176 Å². The Morgan fingerprint density at radius 2 is 1.45 bits per heavy atom. The van der Waals surface area contributed by atoms with Crippen molar-refractivity contribution in [2.45, 2.75) is 103 Å². The monoisotopic (exact) mass is 406 g/mol. The van der Waals surface area contributed by atoms with Crippen molar-refractivity contribution in [3.8, 4) is 5.75 Å². The summed E-state index contributed by atoms with van der Waals surface area (Å²) in [5, 5.41) is 0.